The fraction of sp³-hybridized carbons (Fsp3) is 0.333. The lowest BCUT2D eigenvalue weighted by Crippen LogP contribution is -2.09. The van der Waals surface area contributed by atoms with Crippen LogP contribution in [0.3, 0.4) is 0 Å². The van der Waals surface area contributed by atoms with Crippen molar-refractivity contribution in [2.45, 2.75) is 32.1 Å². The Kier molecular flexibility index (Phi) is 3.29. The largest absolute Gasteiger partial charge is 0.368 e. The molecule has 1 heterocycles. The Morgan fingerprint density at radius 3 is 2.71 bits per heavy atom. The van der Waals surface area contributed by atoms with Gasteiger partial charge in [0.15, 0.2) is 5.69 Å². The molecular formula is C15H16N4O2. The molecule has 1 aromatic carbocycles. The van der Waals surface area contributed by atoms with E-state index in [2.05, 4.69) is 16.0 Å². The van der Waals surface area contributed by atoms with E-state index in [0.29, 0.717) is 11.6 Å². The molecule has 1 aliphatic carbocycles. The van der Waals surface area contributed by atoms with Gasteiger partial charge in [-0.3, -0.25) is 10.1 Å². The maximum absolute atomic E-state index is 11.3. The average Bonchev–Trinajstić information content (AvgIpc) is 2.35. The number of rotatable bonds is 3. The van der Waals surface area contributed by atoms with Crippen LogP contribution in [-0.4, -0.2) is 14.9 Å². The Labute approximate surface area is 122 Å². The third-order valence-electron chi connectivity index (χ3n) is 3.99. The van der Waals surface area contributed by atoms with Crippen molar-refractivity contribution in [1.29, 1.82) is 0 Å². The van der Waals surface area contributed by atoms with Crippen LogP contribution in [0.1, 0.15) is 36.4 Å². The molecule has 2 N–H and O–H groups in total. The Bertz CT molecular complexity index is 711. The molecule has 0 bridgehead atoms. The summed E-state index contributed by atoms with van der Waals surface area (Å²) in [6.07, 6.45) is 3.60. The lowest BCUT2D eigenvalue weighted by atomic mass is 9.79. The van der Waals surface area contributed by atoms with Crippen LogP contribution in [0.15, 0.2) is 24.3 Å². The molecule has 0 unspecified atom stereocenters. The van der Waals surface area contributed by atoms with Crippen molar-refractivity contribution in [2.24, 2.45) is 0 Å². The monoisotopic (exact) mass is 284 g/mol. The van der Waals surface area contributed by atoms with E-state index >= 15 is 0 Å². The van der Waals surface area contributed by atoms with Crippen molar-refractivity contribution < 1.29 is 4.92 Å². The molecule has 1 aliphatic rings. The normalized spacial score (nSPS) is 14.7. The van der Waals surface area contributed by atoms with E-state index in [1.165, 1.54) is 24.8 Å². The summed E-state index contributed by atoms with van der Waals surface area (Å²) in [4.78, 5) is 18.8. The molecular weight excluding hydrogens is 268 g/mol. The fourth-order valence-electron chi connectivity index (χ4n) is 2.69. The summed E-state index contributed by atoms with van der Waals surface area (Å²) in [7, 11) is 0. The van der Waals surface area contributed by atoms with E-state index < -0.39 is 4.92 Å². The van der Waals surface area contributed by atoms with Gasteiger partial charge in [-0.1, -0.05) is 24.6 Å². The quantitative estimate of drug-likeness (QED) is 0.689. The molecule has 0 spiro atoms. The van der Waals surface area contributed by atoms with Gasteiger partial charge >= 0.3 is 5.69 Å². The van der Waals surface area contributed by atoms with Crippen molar-refractivity contribution in [3.63, 3.8) is 0 Å². The highest BCUT2D eigenvalue weighted by atomic mass is 16.6. The predicted octanol–water partition coefficient (Wildman–Crippen LogP) is 3.21. The van der Waals surface area contributed by atoms with E-state index in [0.717, 1.165) is 5.56 Å². The minimum atomic E-state index is -0.444. The molecule has 0 radical (unpaired) electrons. The highest BCUT2D eigenvalue weighted by Gasteiger charge is 2.24. The SMILES string of the molecule is Cc1nc(N)nc(-c2cccc(C3CCC3)c2)c1[N+](=O)[O-]. The van der Waals surface area contributed by atoms with Crippen LogP contribution in [0, 0.1) is 17.0 Å². The van der Waals surface area contributed by atoms with Gasteiger partial charge in [-0.25, -0.2) is 9.97 Å². The fourth-order valence-corrected chi connectivity index (χ4v) is 2.69. The smallest absolute Gasteiger partial charge is 0.316 e. The molecule has 0 amide bonds. The average molecular weight is 284 g/mol. The molecule has 1 fully saturated rings. The molecule has 6 heteroatoms. The minimum Gasteiger partial charge on any atom is -0.368 e. The second-order valence-electron chi connectivity index (χ2n) is 5.37. The molecule has 1 saturated carbocycles. The van der Waals surface area contributed by atoms with Crippen molar-refractivity contribution in [3.8, 4) is 11.3 Å². The van der Waals surface area contributed by atoms with Crippen molar-refractivity contribution in [3.05, 3.63) is 45.6 Å². The van der Waals surface area contributed by atoms with Gasteiger partial charge in [0, 0.05) is 5.56 Å². The molecule has 21 heavy (non-hydrogen) atoms. The Hall–Kier alpha value is -2.50. The van der Waals surface area contributed by atoms with Crippen LogP contribution in [0.5, 0.6) is 0 Å². The summed E-state index contributed by atoms with van der Waals surface area (Å²) in [5.74, 6) is 0.617. The first kappa shape index (κ1) is 13.5. The number of aromatic nitrogens is 2. The molecule has 6 nitrogen and oxygen atoms in total. The van der Waals surface area contributed by atoms with Crippen LogP contribution < -0.4 is 5.73 Å². The van der Waals surface area contributed by atoms with Crippen LogP contribution in [-0.2, 0) is 0 Å². The van der Waals surface area contributed by atoms with Gasteiger partial charge in [0.25, 0.3) is 0 Å². The number of nitrogens with zero attached hydrogens (tertiary/aromatic N) is 3. The van der Waals surface area contributed by atoms with Crippen LogP contribution >= 0.6 is 0 Å². The second kappa shape index (κ2) is 5.12. The zero-order valence-corrected chi connectivity index (χ0v) is 11.7. The topological polar surface area (TPSA) is 94.9 Å². The maximum atomic E-state index is 11.3. The molecule has 108 valence electrons. The number of nitrogens with two attached hydrogens (primary N) is 1. The van der Waals surface area contributed by atoms with Gasteiger partial charge in [0.05, 0.1) is 4.92 Å². The summed E-state index contributed by atoms with van der Waals surface area (Å²) >= 11 is 0. The first-order chi connectivity index (χ1) is 10.1. The number of nitrogen functional groups attached to an aromatic ring is 1. The van der Waals surface area contributed by atoms with Gasteiger partial charge in [0.1, 0.15) is 5.69 Å². The van der Waals surface area contributed by atoms with E-state index in [9.17, 15) is 10.1 Å². The van der Waals surface area contributed by atoms with E-state index in [1.54, 1.807) is 6.92 Å². The molecule has 0 aliphatic heterocycles. The third kappa shape index (κ3) is 2.44. The van der Waals surface area contributed by atoms with Gasteiger partial charge in [-0.15, -0.1) is 0 Å². The standard InChI is InChI=1S/C15H16N4O2/c1-9-14(19(20)21)13(18-15(16)17-9)12-7-3-6-11(8-12)10-4-2-5-10/h3,6-8,10H,2,4-5H2,1H3,(H2,16,17,18). The summed E-state index contributed by atoms with van der Waals surface area (Å²) in [5, 5.41) is 11.3. The number of anilines is 1. The third-order valence-corrected chi connectivity index (χ3v) is 3.99. The number of aryl methyl sites for hydroxylation is 1. The van der Waals surface area contributed by atoms with Crippen molar-refractivity contribution in [1.82, 2.24) is 9.97 Å². The maximum Gasteiger partial charge on any atom is 0.316 e. The lowest BCUT2D eigenvalue weighted by Gasteiger charge is -2.26. The van der Waals surface area contributed by atoms with E-state index in [4.69, 9.17) is 5.73 Å². The number of nitro groups is 1. The first-order valence-electron chi connectivity index (χ1n) is 6.95. The zero-order chi connectivity index (χ0) is 15.0. The van der Waals surface area contributed by atoms with E-state index in [-0.39, 0.29) is 17.3 Å². The van der Waals surface area contributed by atoms with Crippen LogP contribution in [0.25, 0.3) is 11.3 Å². The molecule has 0 atom stereocenters. The molecule has 3 rings (SSSR count). The van der Waals surface area contributed by atoms with Crippen molar-refractivity contribution in [2.75, 3.05) is 5.73 Å². The Balaban J connectivity index is 2.13. The van der Waals surface area contributed by atoms with Gasteiger partial charge < -0.3 is 5.73 Å². The summed E-state index contributed by atoms with van der Waals surface area (Å²) < 4.78 is 0. The van der Waals surface area contributed by atoms with Gasteiger partial charge in [0.2, 0.25) is 5.95 Å². The molecule has 2 aromatic rings. The highest BCUT2D eigenvalue weighted by molar-refractivity contribution is 5.72. The molecule has 1 aromatic heterocycles. The van der Waals surface area contributed by atoms with Gasteiger partial charge in [-0.05, 0) is 37.3 Å². The van der Waals surface area contributed by atoms with Crippen molar-refractivity contribution >= 4 is 11.6 Å². The summed E-state index contributed by atoms with van der Waals surface area (Å²) in [5.41, 5.74) is 8.10. The Morgan fingerprint density at radius 1 is 1.33 bits per heavy atom. The zero-order valence-electron chi connectivity index (χ0n) is 11.7. The lowest BCUT2D eigenvalue weighted by molar-refractivity contribution is -0.385. The summed E-state index contributed by atoms with van der Waals surface area (Å²) in [6, 6.07) is 7.80. The number of hydrogen-bond acceptors (Lipinski definition) is 5. The minimum absolute atomic E-state index is 0.0575. The number of benzene rings is 1. The number of hydrogen-bond donors (Lipinski definition) is 1. The first-order valence-corrected chi connectivity index (χ1v) is 6.95. The Morgan fingerprint density at radius 2 is 2.10 bits per heavy atom. The van der Waals surface area contributed by atoms with E-state index in [1.807, 2.05) is 18.2 Å². The van der Waals surface area contributed by atoms with Gasteiger partial charge in [-0.2, -0.15) is 0 Å². The predicted molar refractivity (Wildman–Crippen MR) is 79.9 cm³/mol. The summed E-state index contributed by atoms with van der Waals surface area (Å²) in [6.45, 7) is 1.58. The van der Waals surface area contributed by atoms with Crippen LogP contribution in [0.4, 0.5) is 11.6 Å². The van der Waals surface area contributed by atoms with Crippen LogP contribution in [0.2, 0.25) is 0 Å². The molecule has 0 saturated heterocycles. The highest BCUT2D eigenvalue weighted by Crippen LogP contribution is 2.38. The second-order valence-corrected chi connectivity index (χ2v) is 5.37.